The minimum absolute atomic E-state index is 1.08. The van der Waals surface area contributed by atoms with Crippen LogP contribution in [-0.4, -0.2) is 172 Å². The van der Waals surface area contributed by atoms with Crippen molar-refractivity contribution >= 4 is 0 Å². The molecule has 4 aliphatic rings. The molecule has 4 heterocycles. The van der Waals surface area contributed by atoms with E-state index in [-0.39, 0.29) is 0 Å². The fourth-order valence-electron chi connectivity index (χ4n) is 7.09. The Labute approximate surface area is 251 Å². The summed E-state index contributed by atoms with van der Waals surface area (Å²) in [6, 6.07) is 9.67. The van der Waals surface area contributed by atoms with Crippen LogP contribution in [0.25, 0.3) is 0 Å². The van der Waals surface area contributed by atoms with Crippen LogP contribution in [0.4, 0.5) is 0 Å². The third-order valence-electron chi connectivity index (χ3n) is 9.91. The summed E-state index contributed by atoms with van der Waals surface area (Å²) < 4.78 is 0. The van der Waals surface area contributed by atoms with Gasteiger partial charge in [-0.3, -0.25) is 9.80 Å². The first-order chi connectivity index (χ1) is 20.2. The van der Waals surface area contributed by atoms with Gasteiger partial charge < -0.3 is 29.8 Å². The molecular weight excluding hydrogens is 508 g/mol. The van der Waals surface area contributed by atoms with Crippen LogP contribution in [0, 0.1) is 0 Å². The van der Waals surface area contributed by atoms with Crippen molar-refractivity contribution in [2.45, 2.75) is 38.8 Å². The monoisotopic (exact) mass is 568 g/mol. The molecule has 1 N–H and O–H groups in total. The summed E-state index contributed by atoms with van der Waals surface area (Å²) >= 11 is 0. The van der Waals surface area contributed by atoms with Gasteiger partial charge in [0, 0.05) is 91.6 Å². The Kier molecular flexibility index (Phi) is 13.2. The van der Waals surface area contributed by atoms with Crippen molar-refractivity contribution in [3.8, 4) is 0 Å². The van der Waals surface area contributed by atoms with Crippen LogP contribution in [0.1, 0.15) is 36.8 Å². The highest BCUT2D eigenvalue weighted by atomic mass is 15.3. The lowest BCUT2D eigenvalue weighted by atomic mass is 10.1. The highest BCUT2D eigenvalue weighted by Crippen LogP contribution is 2.13. The van der Waals surface area contributed by atoms with Crippen molar-refractivity contribution in [2.75, 3.05) is 138 Å². The second kappa shape index (κ2) is 17.3. The largest absolute Gasteiger partial charge is 0.315 e. The van der Waals surface area contributed by atoms with Crippen LogP contribution in [0.5, 0.6) is 0 Å². The SMILES string of the molecule is CN1CCCN2CCN(CCCN(Cc3ccc(CN4CCCN5CCNCCCN(CC5)CC4)cc3)CC2)CC1. The molecule has 0 radical (unpaired) electrons. The summed E-state index contributed by atoms with van der Waals surface area (Å²) in [6.07, 6.45) is 5.12. The van der Waals surface area contributed by atoms with Gasteiger partial charge in [0.1, 0.15) is 0 Å². The van der Waals surface area contributed by atoms with Crippen LogP contribution in [0.3, 0.4) is 0 Å². The Morgan fingerprint density at radius 3 is 1.44 bits per heavy atom. The molecule has 4 saturated heterocycles. The quantitative estimate of drug-likeness (QED) is 0.588. The summed E-state index contributed by atoms with van der Waals surface area (Å²) in [4.78, 5) is 18.8. The lowest BCUT2D eigenvalue weighted by Crippen LogP contribution is -2.46. The fraction of sp³-hybridized carbons (Fsp3) is 0.818. The molecule has 4 unspecified atom stereocenters. The molecule has 4 atom stereocenters. The lowest BCUT2D eigenvalue weighted by molar-refractivity contribution is 0.124. The van der Waals surface area contributed by atoms with E-state index in [1.54, 1.807) is 0 Å². The zero-order chi connectivity index (χ0) is 28.1. The lowest BCUT2D eigenvalue weighted by Gasteiger charge is -2.35. The first kappa shape index (κ1) is 31.3. The van der Waals surface area contributed by atoms with E-state index >= 15 is 0 Å². The number of fused-ring (bicyclic) bond motifs is 6. The predicted molar refractivity (Wildman–Crippen MR) is 172 cm³/mol. The predicted octanol–water partition coefficient (Wildman–Crippen LogP) is 1.63. The zero-order valence-electron chi connectivity index (χ0n) is 26.3. The van der Waals surface area contributed by atoms with E-state index in [0.717, 1.165) is 26.2 Å². The Balaban J connectivity index is 1.13. The van der Waals surface area contributed by atoms with Crippen molar-refractivity contribution in [1.82, 2.24) is 39.6 Å². The molecule has 4 aliphatic heterocycles. The molecule has 232 valence electrons. The number of nitrogens with one attached hydrogen (secondary N) is 1. The summed E-state index contributed by atoms with van der Waals surface area (Å²) in [7, 11) is 2.29. The summed E-state index contributed by atoms with van der Waals surface area (Å²) in [5.41, 5.74) is 2.95. The van der Waals surface area contributed by atoms with Gasteiger partial charge in [-0.25, -0.2) is 0 Å². The Hall–Kier alpha value is -1.10. The molecule has 8 heteroatoms. The highest BCUT2D eigenvalue weighted by molar-refractivity contribution is 5.22. The van der Waals surface area contributed by atoms with Gasteiger partial charge in [0.25, 0.3) is 0 Å². The number of nitrogens with zero attached hydrogens (tertiary/aromatic N) is 7. The summed E-state index contributed by atoms with van der Waals surface area (Å²) in [5, 5.41) is 3.64. The van der Waals surface area contributed by atoms with Gasteiger partial charge in [-0.2, -0.15) is 0 Å². The molecule has 0 amide bonds. The zero-order valence-corrected chi connectivity index (χ0v) is 26.3. The van der Waals surface area contributed by atoms with Crippen molar-refractivity contribution in [3.63, 3.8) is 0 Å². The maximum absolute atomic E-state index is 3.64. The van der Waals surface area contributed by atoms with E-state index in [4.69, 9.17) is 0 Å². The van der Waals surface area contributed by atoms with Gasteiger partial charge in [0.2, 0.25) is 0 Å². The second-order valence-electron chi connectivity index (χ2n) is 13.2. The van der Waals surface area contributed by atoms with Gasteiger partial charge in [0.05, 0.1) is 0 Å². The van der Waals surface area contributed by atoms with Crippen LogP contribution in [0.15, 0.2) is 24.3 Å². The number of likely N-dealkylation sites (N-methyl/N-ethyl adjacent to an activating group) is 1. The standard InChI is InChI=1S/C33H60N8/c1-35-12-3-14-39-25-24-38(21-20-35)16-5-18-41(29-27-39)31-33-8-6-32(7-9-33)30-40-17-4-15-36-19-11-34-10-2-13-37(23-22-36)26-28-40/h6-9,34H,2-5,10-31H2,1H3. The molecule has 4 fully saturated rings. The number of benzene rings is 1. The third kappa shape index (κ3) is 11.2. The van der Waals surface area contributed by atoms with Crippen molar-refractivity contribution in [3.05, 3.63) is 35.4 Å². The molecule has 1 aromatic carbocycles. The van der Waals surface area contributed by atoms with E-state index in [1.165, 1.54) is 155 Å². The van der Waals surface area contributed by atoms with Crippen molar-refractivity contribution < 1.29 is 0 Å². The normalized spacial score (nSPS) is 31.4. The molecule has 1 aromatic rings. The van der Waals surface area contributed by atoms with E-state index in [1.807, 2.05) is 0 Å². The minimum atomic E-state index is 1.08. The van der Waals surface area contributed by atoms with Gasteiger partial charge in [0.15, 0.2) is 0 Å². The van der Waals surface area contributed by atoms with Crippen molar-refractivity contribution in [1.29, 1.82) is 0 Å². The molecule has 0 saturated carbocycles. The average molecular weight is 569 g/mol. The maximum atomic E-state index is 3.64. The van der Waals surface area contributed by atoms with Crippen LogP contribution < -0.4 is 5.32 Å². The molecule has 0 aromatic heterocycles. The highest BCUT2D eigenvalue weighted by Gasteiger charge is 2.19. The van der Waals surface area contributed by atoms with E-state index in [9.17, 15) is 0 Å². The molecule has 0 aliphatic carbocycles. The molecule has 41 heavy (non-hydrogen) atoms. The van der Waals surface area contributed by atoms with Crippen LogP contribution in [0.2, 0.25) is 0 Å². The minimum Gasteiger partial charge on any atom is -0.315 e. The average Bonchev–Trinajstić information content (AvgIpc) is 2.99. The van der Waals surface area contributed by atoms with Crippen LogP contribution in [-0.2, 0) is 13.1 Å². The summed E-state index contributed by atoms with van der Waals surface area (Å²) in [5.74, 6) is 0. The third-order valence-corrected chi connectivity index (χ3v) is 9.91. The topological polar surface area (TPSA) is 34.7 Å². The molecule has 0 spiro atoms. The Morgan fingerprint density at radius 1 is 0.439 bits per heavy atom. The molecule has 8 nitrogen and oxygen atoms in total. The number of hydrogen-bond acceptors (Lipinski definition) is 8. The van der Waals surface area contributed by atoms with E-state index < -0.39 is 0 Å². The molecule has 4 bridgehead atoms. The molecular formula is C33H60N8. The molecule has 5 rings (SSSR count). The van der Waals surface area contributed by atoms with Crippen molar-refractivity contribution in [2.24, 2.45) is 0 Å². The first-order valence-electron chi connectivity index (χ1n) is 17.0. The maximum Gasteiger partial charge on any atom is 0.0234 e. The van der Waals surface area contributed by atoms with E-state index in [0.29, 0.717) is 0 Å². The second-order valence-corrected chi connectivity index (χ2v) is 13.2. The first-order valence-corrected chi connectivity index (χ1v) is 17.0. The van der Waals surface area contributed by atoms with Gasteiger partial charge in [-0.15, -0.1) is 0 Å². The van der Waals surface area contributed by atoms with Gasteiger partial charge in [-0.1, -0.05) is 24.3 Å². The van der Waals surface area contributed by atoms with Gasteiger partial charge in [-0.05, 0) is 96.2 Å². The van der Waals surface area contributed by atoms with E-state index in [2.05, 4.69) is 70.9 Å². The van der Waals surface area contributed by atoms with Crippen LogP contribution >= 0.6 is 0 Å². The smallest absolute Gasteiger partial charge is 0.0234 e. The number of hydrogen-bond donors (Lipinski definition) is 1. The fourth-order valence-corrected chi connectivity index (χ4v) is 7.09. The number of rotatable bonds is 4. The Morgan fingerprint density at radius 2 is 0.878 bits per heavy atom. The van der Waals surface area contributed by atoms with Gasteiger partial charge >= 0.3 is 0 Å². The summed E-state index contributed by atoms with van der Waals surface area (Å²) in [6.45, 7) is 26.4. The Bertz CT molecular complexity index is 850.